The van der Waals surface area contributed by atoms with Gasteiger partial charge < -0.3 is 4.90 Å². The van der Waals surface area contributed by atoms with Crippen LogP contribution in [0.5, 0.6) is 0 Å². The third-order valence-corrected chi connectivity index (χ3v) is 5.35. The fraction of sp³-hybridized carbons (Fsp3) is 0.500. The molecule has 0 bridgehead atoms. The molecule has 2 aliphatic rings. The molecular weight excluding hydrogens is 230 g/mol. The van der Waals surface area contributed by atoms with Crippen LogP contribution < -0.4 is 0 Å². The predicted molar refractivity (Wildman–Crippen MR) is 70.0 cm³/mol. The number of carbonyl (C=O) groups is 1. The summed E-state index contributed by atoms with van der Waals surface area (Å²) in [6, 6.07) is 10.8. The Kier molecular flexibility index (Phi) is 2.87. The molecule has 0 N–H and O–H groups in total. The number of fused-ring (bicyclic) bond motifs is 1. The fourth-order valence-electron chi connectivity index (χ4n) is 3.01. The molecule has 0 aromatic heterocycles. The Morgan fingerprint density at radius 3 is 2.76 bits per heavy atom. The molecule has 2 fully saturated rings. The first-order chi connectivity index (χ1) is 8.27. The summed E-state index contributed by atoms with van der Waals surface area (Å²) in [5, 5.41) is 0.127. The van der Waals surface area contributed by atoms with Crippen LogP contribution in [0.15, 0.2) is 35.2 Å². The van der Waals surface area contributed by atoms with Gasteiger partial charge in [0.1, 0.15) is 0 Å². The maximum atomic E-state index is 12.3. The van der Waals surface area contributed by atoms with Gasteiger partial charge in [0.05, 0.1) is 5.25 Å². The van der Waals surface area contributed by atoms with Crippen molar-refractivity contribution in [3.05, 3.63) is 30.3 Å². The van der Waals surface area contributed by atoms with Gasteiger partial charge in [-0.1, -0.05) is 25.1 Å². The van der Waals surface area contributed by atoms with E-state index in [9.17, 15) is 4.79 Å². The lowest BCUT2D eigenvalue weighted by atomic mass is 10.0. The van der Waals surface area contributed by atoms with E-state index in [1.165, 1.54) is 17.7 Å². The second kappa shape index (κ2) is 4.37. The van der Waals surface area contributed by atoms with Crippen LogP contribution >= 0.6 is 11.8 Å². The molecule has 1 aromatic rings. The Balaban J connectivity index is 1.78. The highest BCUT2D eigenvalue weighted by Gasteiger charge is 2.47. The lowest BCUT2D eigenvalue weighted by Gasteiger charge is -2.16. The van der Waals surface area contributed by atoms with Crippen molar-refractivity contribution in [3.8, 4) is 0 Å². The highest BCUT2D eigenvalue weighted by molar-refractivity contribution is 8.00. The Morgan fingerprint density at radius 1 is 1.29 bits per heavy atom. The SMILES string of the molecule is C[C@@H]1[C@@H](Sc2ccccc2)C(=O)N2CCC[C@@H]12. The van der Waals surface area contributed by atoms with E-state index in [0.717, 1.165) is 6.54 Å². The van der Waals surface area contributed by atoms with E-state index in [0.29, 0.717) is 17.9 Å². The molecule has 0 unspecified atom stereocenters. The zero-order chi connectivity index (χ0) is 11.8. The number of hydrogen-bond acceptors (Lipinski definition) is 2. The van der Waals surface area contributed by atoms with E-state index in [1.807, 2.05) is 18.2 Å². The van der Waals surface area contributed by atoms with Crippen LogP contribution in [-0.4, -0.2) is 28.6 Å². The highest BCUT2D eigenvalue weighted by atomic mass is 32.2. The van der Waals surface area contributed by atoms with Crippen LogP contribution in [0.3, 0.4) is 0 Å². The topological polar surface area (TPSA) is 20.3 Å². The van der Waals surface area contributed by atoms with Crippen LogP contribution in [0.1, 0.15) is 19.8 Å². The molecule has 2 heterocycles. The van der Waals surface area contributed by atoms with Crippen molar-refractivity contribution in [2.45, 2.75) is 36.0 Å². The molecule has 3 atom stereocenters. The molecule has 2 nitrogen and oxygen atoms in total. The van der Waals surface area contributed by atoms with Gasteiger partial charge in [0, 0.05) is 17.5 Å². The number of amides is 1. The molecule has 2 saturated heterocycles. The number of nitrogens with zero attached hydrogens (tertiary/aromatic N) is 1. The van der Waals surface area contributed by atoms with Crippen molar-refractivity contribution in [2.75, 3.05) is 6.54 Å². The van der Waals surface area contributed by atoms with Crippen LogP contribution in [0.2, 0.25) is 0 Å². The average Bonchev–Trinajstić information content (AvgIpc) is 2.91. The molecule has 90 valence electrons. The van der Waals surface area contributed by atoms with E-state index in [-0.39, 0.29) is 5.25 Å². The molecule has 3 rings (SSSR count). The maximum absolute atomic E-state index is 12.3. The lowest BCUT2D eigenvalue weighted by Crippen LogP contribution is -2.29. The summed E-state index contributed by atoms with van der Waals surface area (Å²) >= 11 is 1.73. The van der Waals surface area contributed by atoms with Crippen molar-refractivity contribution in [2.24, 2.45) is 5.92 Å². The minimum absolute atomic E-state index is 0.127. The van der Waals surface area contributed by atoms with Gasteiger partial charge in [0.15, 0.2) is 0 Å². The zero-order valence-corrected chi connectivity index (χ0v) is 10.8. The minimum Gasteiger partial charge on any atom is -0.338 e. The highest BCUT2D eigenvalue weighted by Crippen LogP contribution is 2.41. The van der Waals surface area contributed by atoms with Gasteiger partial charge >= 0.3 is 0 Å². The van der Waals surface area contributed by atoms with E-state index in [4.69, 9.17) is 0 Å². The van der Waals surface area contributed by atoms with Crippen LogP contribution in [-0.2, 0) is 4.79 Å². The monoisotopic (exact) mass is 247 g/mol. The summed E-state index contributed by atoms with van der Waals surface area (Å²) in [6.45, 7) is 3.20. The number of rotatable bonds is 2. The molecule has 3 heteroatoms. The van der Waals surface area contributed by atoms with Gasteiger partial charge in [0.2, 0.25) is 5.91 Å². The predicted octanol–water partition coefficient (Wildman–Crippen LogP) is 2.79. The Bertz CT molecular complexity index is 419. The molecule has 17 heavy (non-hydrogen) atoms. The van der Waals surface area contributed by atoms with Gasteiger partial charge in [-0.25, -0.2) is 0 Å². The first-order valence-corrected chi connectivity index (χ1v) is 7.17. The fourth-order valence-corrected chi connectivity index (χ4v) is 4.25. The average molecular weight is 247 g/mol. The normalized spacial score (nSPS) is 31.9. The molecule has 2 aliphatic heterocycles. The number of thioether (sulfide) groups is 1. The zero-order valence-electron chi connectivity index (χ0n) is 10.0. The maximum Gasteiger partial charge on any atom is 0.236 e. The molecule has 0 aliphatic carbocycles. The molecule has 1 aromatic carbocycles. The smallest absolute Gasteiger partial charge is 0.236 e. The van der Waals surface area contributed by atoms with Gasteiger partial charge in [-0.05, 0) is 30.9 Å². The third kappa shape index (κ3) is 1.86. The van der Waals surface area contributed by atoms with Crippen molar-refractivity contribution < 1.29 is 4.79 Å². The van der Waals surface area contributed by atoms with Gasteiger partial charge in [-0.15, -0.1) is 11.8 Å². The molecular formula is C14H17NOS. The largest absolute Gasteiger partial charge is 0.338 e. The minimum atomic E-state index is 0.127. The molecule has 0 radical (unpaired) electrons. The summed E-state index contributed by atoms with van der Waals surface area (Å²) in [4.78, 5) is 15.6. The summed E-state index contributed by atoms with van der Waals surface area (Å²) in [7, 11) is 0. The van der Waals surface area contributed by atoms with Crippen molar-refractivity contribution in [1.29, 1.82) is 0 Å². The summed E-state index contributed by atoms with van der Waals surface area (Å²) in [5.41, 5.74) is 0. The van der Waals surface area contributed by atoms with Crippen molar-refractivity contribution in [3.63, 3.8) is 0 Å². The molecule has 1 amide bonds. The molecule has 0 saturated carbocycles. The summed E-state index contributed by atoms with van der Waals surface area (Å²) in [5.74, 6) is 0.837. The lowest BCUT2D eigenvalue weighted by molar-refractivity contribution is -0.127. The van der Waals surface area contributed by atoms with E-state index >= 15 is 0 Å². The van der Waals surface area contributed by atoms with E-state index in [2.05, 4.69) is 24.0 Å². The van der Waals surface area contributed by atoms with E-state index < -0.39 is 0 Å². The van der Waals surface area contributed by atoms with E-state index in [1.54, 1.807) is 11.8 Å². The van der Waals surface area contributed by atoms with Crippen LogP contribution in [0.25, 0.3) is 0 Å². The first-order valence-electron chi connectivity index (χ1n) is 6.29. The van der Waals surface area contributed by atoms with Gasteiger partial charge in [0.25, 0.3) is 0 Å². The van der Waals surface area contributed by atoms with Crippen molar-refractivity contribution in [1.82, 2.24) is 4.90 Å². The van der Waals surface area contributed by atoms with Crippen molar-refractivity contribution >= 4 is 17.7 Å². The summed E-state index contributed by atoms with van der Waals surface area (Å²) in [6.07, 6.45) is 2.38. The Hall–Kier alpha value is -0.960. The standard InChI is InChI=1S/C14H17NOS/c1-10-12-8-5-9-15(12)14(16)13(10)17-11-6-3-2-4-7-11/h2-4,6-7,10,12-13H,5,8-9H2,1H3/t10-,12-,13+/m0/s1. The Morgan fingerprint density at radius 2 is 2.06 bits per heavy atom. The Labute approximate surface area is 106 Å². The quantitative estimate of drug-likeness (QED) is 0.801. The number of hydrogen-bond donors (Lipinski definition) is 0. The van der Waals surface area contributed by atoms with Gasteiger partial charge in [-0.3, -0.25) is 4.79 Å². The second-order valence-electron chi connectivity index (χ2n) is 4.95. The summed E-state index contributed by atoms with van der Waals surface area (Å²) < 4.78 is 0. The van der Waals surface area contributed by atoms with Gasteiger partial charge in [-0.2, -0.15) is 0 Å². The second-order valence-corrected chi connectivity index (χ2v) is 6.17. The number of carbonyl (C=O) groups excluding carboxylic acids is 1. The number of benzene rings is 1. The van der Waals surface area contributed by atoms with Crippen LogP contribution in [0.4, 0.5) is 0 Å². The molecule has 0 spiro atoms. The van der Waals surface area contributed by atoms with Crippen LogP contribution in [0, 0.1) is 5.92 Å². The first kappa shape index (κ1) is 11.1. The third-order valence-electron chi connectivity index (χ3n) is 3.92.